The van der Waals surface area contributed by atoms with Crippen molar-refractivity contribution in [2.75, 3.05) is 20.0 Å². The molecule has 0 unspecified atom stereocenters. The predicted octanol–water partition coefficient (Wildman–Crippen LogP) is 2.96. The fraction of sp³-hybridized carbons (Fsp3) is 0.217. The minimum Gasteiger partial charge on any atom is -0.495 e. The average Bonchev–Trinajstić information content (AvgIpc) is 3.28. The number of anilines is 1. The van der Waals surface area contributed by atoms with Crippen molar-refractivity contribution < 1.29 is 28.7 Å². The van der Waals surface area contributed by atoms with Gasteiger partial charge < -0.3 is 24.3 Å². The zero-order valence-electron chi connectivity index (χ0n) is 17.5. The van der Waals surface area contributed by atoms with Gasteiger partial charge in [-0.15, -0.1) is 0 Å². The van der Waals surface area contributed by atoms with Crippen molar-refractivity contribution in [2.45, 2.75) is 7.43 Å². The lowest BCUT2D eigenvalue weighted by Crippen LogP contribution is -2.19. The quantitative estimate of drug-likeness (QED) is 0.490. The highest BCUT2D eigenvalue weighted by molar-refractivity contribution is 6.25. The van der Waals surface area contributed by atoms with Crippen molar-refractivity contribution in [1.82, 2.24) is 9.13 Å². The summed E-state index contributed by atoms with van der Waals surface area (Å²) in [5.41, 5.74) is 8.51. The number of nitrogens with two attached hydrogens (primary N) is 1. The third-order valence-corrected chi connectivity index (χ3v) is 5.04. The first-order chi connectivity index (χ1) is 14.8. The van der Waals surface area contributed by atoms with Gasteiger partial charge in [0.25, 0.3) is 0 Å². The average molecular weight is 439 g/mol. The molecule has 0 spiro atoms. The van der Waals surface area contributed by atoms with E-state index in [1.165, 1.54) is 17.9 Å². The molecular weight excluding hydrogens is 414 g/mol. The first-order valence-corrected chi connectivity index (χ1v) is 9.14. The maximum atomic E-state index is 11.9. The second-order valence-corrected chi connectivity index (χ2v) is 6.83. The summed E-state index contributed by atoms with van der Waals surface area (Å²) in [5.74, 6) is -0.203. The van der Waals surface area contributed by atoms with E-state index in [1.54, 1.807) is 26.4 Å². The molecule has 2 aromatic heterocycles. The van der Waals surface area contributed by atoms with E-state index in [1.807, 2.05) is 17.7 Å². The number of aromatic nitrogens is 2. The monoisotopic (exact) mass is 439 g/mol. The number of aryl methyl sites for hydroxylation is 2. The first kappa shape index (κ1) is 24.1. The number of Topliss-reactive ketones (excluding diaryl/α,β-unsaturated/α-hetero) is 1. The zero-order valence-corrected chi connectivity index (χ0v) is 17.5. The lowest BCUT2D eigenvalue weighted by Gasteiger charge is -2.12. The molecule has 32 heavy (non-hydrogen) atoms. The topological polar surface area (TPSA) is 123 Å². The van der Waals surface area contributed by atoms with E-state index < -0.39 is 5.78 Å². The molecule has 0 amide bonds. The van der Waals surface area contributed by atoms with Gasteiger partial charge in [0.2, 0.25) is 11.6 Å². The summed E-state index contributed by atoms with van der Waals surface area (Å²) < 4.78 is 13.3. The van der Waals surface area contributed by atoms with Crippen LogP contribution in [0.4, 0.5) is 5.69 Å². The number of carbonyl (C=O) groups is 4. The summed E-state index contributed by atoms with van der Waals surface area (Å²) in [5, 5.41) is 0.756. The number of rotatable bonds is 4. The van der Waals surface area contributed by atoms with Crippen molar-refractivity contribution in [3.05, 3.63) is 58.7 Å². The number of nitrogen functional groups attached to an aromatic ring is 1. The minimum atomic E-state index is -0.431. The Bertz CT molecular complexity index is 1260. The second-order valence-electron chi connectivity index (χ2n) is 6.83. The van der Waals surface area contributed by atoms with Crippen LogP contribution in [0.15, 0.2) is 36.4 Å². The van der Waals surface area contributed by atoms with Crippen LogP contribution >= 0.6 is 0 Å². The number of benzene rings is 1. The van der Waals surface area contributed by atoms with Gasteiger partial charge >= 0.3 is 0 Å². The van der Waals surface area contributed by atoms with Gasteiger partial charge in [0, 0.05) is 49.1 Å². The van der Waals surface area contributed by atoms with E-state index >= 15 is 0 Å². The van der Waals surface area contributed by atoms with E-state index in [9.17, 15) is 19.2 Å². The number of carbonyl (C=O) groups excluding carboxylic acids is 4. The van der Waals surface area contributed by atoms with Crippen molar-refractivity contribution in [2.24, 2.45) is 14.1 Å². The van der Waals surface area contributed by atoms with Gasteiger partial charge in [-0.25, -0.2) is 0 Å². The molecule has 2 heterocycles. The van der Waals surface area contributed by atoms with Crippen LogP contribution in [0.3, 0.4) is 0 Å². The summed E-state index contributed by atoms with van der Waals surface area (Å²) in [6, 6.07) is 3.68. The molecule has 0 aliphatic heterocycles. The molecule has 1 aliphatic rings. The van der Waals surface area contributed by atoms with Gasteiger partial charge in [-0.05, 0) is 12.1 Å². The molecule has 9 heteroatoms. The van der Waals surface area contributed by atoms with Crippen molar-refractivity contribution in [1.29, 1.82) is 0 Å². The maximum Gasteiger partial charge on any atom is 0.230 e. The summed E-state index contributed by atoms with van der Waals surface area (Å²) in [4.78, 5) is 45.3. The van der Waals surface area contributed by atoms with Gasteiger partial charge in [0.05, 0.1) is 31.0 Å². The number of allylic oxidation sites excluding steroid dienone is 2. The molecule has 0 bridgehead atoms. The molecule has 4 rings (SSSR count). The van der Waals surface area contributed by atoms with Crippen LogP contribution in [-0.4, -0.2) is 47.5 Å². The normalized spacial score (nSPS) is 12.2. The first-order valence-electron chi connectivity index (χ1n) is 9.14. The highest BCUT2D eigenvalue weighted by Crippen LogP contribution is 2.33. The molecule has 2 N–H and O–H groups in total. The lowest BCUT2D eigenvalue weighted by molar-refractivity contribution is 0.0911. The largest absolute Gasteiger partial charge is 0.495 e. The number of fused-ring (bicyclic) bond motifs is 2. The van der Waals surface area contributed by atoms with E-state index in [0.717, 1.165) is 23.3 Å². The minimum absolute atomic E-state index is 0. The smallest absolute Gasteiger partial charge is 0.230 e. The number of hydrogen-bond donors (Lipinski definition) is 1. The van der Waals surface area contributed by atoms with Crippen LogP contribution in [0.25, 0.3) is 10.9 Å². The number of hydrogen-bond acceptors (Lipinski definition) is 7. The standard InChI is InChI=1S/C11H12N2O2.C11H9NO4.CH4/c1-13-5-7(6-14)10-8(13)3-4-9(15-2)11(10)12;1-12-4-6(5-13)9-10(12)7(14)3-8(16-2)11(9)15;/h3-6H,12H2,1-2H3;3-5H,1-2H3;1H4. The number of methoxy groups -OCH3 is 2. The highest BCUT2D eigenvalue weighted by Gasteiger charge is 2.31. The Hall–Kier alpha value is -4.14. The molecule has 0 radical (unpaired) electrons. The fourth-order valence-electron chi connectivity index (χ4n) is 3.60. The molecule has 0 saturated carbocycles. The van der Waals surface area contributed by atoms with Crippen molar-refractivity contribution in [3.8, 4) is 5.75 Å². The molecule has 0 saturated heterocycles. The molecular formula is C23H25N3O6. The van der Waals surface area contributed by atoms with Crippen molar-refractivity contribution in [3.63, 3.8) is 0 Å². The number of ketones is 2. The van der Waals surface area contributed by atoms with Crippen LogP contribution in [0.2, 0.25) is 0 Å². The summed E-state index contributed by atoms with van der Waals surface area (Å²) in [6.45, 7) is 0. The van der Waals surface area contributed by atoms with Gasteiger partial charge in [-0.2, -0.15) is 0 Å². The number of aldehydes is 2. The fourth-order valence-corrected chi connectivity index (χ4v) is 3.60. The van der Waals surface area contributed by atoms with E-state index in [0.29, 0.717) is 23.3 Å². The van der Waals surface area contributed by atoms with Gasteiger partial charge in [-0.1, -0.05) is 7.43 Å². The Morgan fingerprint density at radius 2 is 1.56 bits per heavy atom. The molecule has 3 aromatic rings. The lowest BCUT2D eigenvalue weighted by atomic mass is 9.97. The van der Waals surface area contributed by atoms with Crippen LogP contribution in [0.1, 0.15) is 49.0 Å². The Balaban J connectivity index is 0.000000220. The van der Waals surface area contributed by atoms with Gasteiger partial charge in [-0.3, -0.25) is 19.2 Å². The van der Waals surface area contributed by atoms with E-state index in [4.69, 9.17) is 15.2 Å². The van der Waals surface area contributed by atoms with E-state index in [2.05, 4.69) is 0 Å². The summed E-state index contributed by atoms with van der Waals surface area (Å²) in [6.07, 6.45) is 5.72. The second kappa shape index (κ2) is 9.34. The van der Waals surface area contributed by atoms with Crippen LogP contribution in [0, 0.1) is 0 Å². The van der Waals surface area contributed by atoms with Crippen LogP contribution < -0.4 is 10.5 Å². The molecule has 1 aromatic carbocycles. The Morgan fingerprint density at radius 1 is 0.938 bits per heavy atom. The third-order valence-electron chi connectivity index (χ3n) is 5.04. The van der Waals surface area contributed by atoms with Gasteiger partial charge in [0.1, 0.15) is 11.4 Å². The zero-order chi connectivity index (χ0) is 22.9. The van der Waals surface area contributed by atoms with Gasteiger partial charge in [0.15, 0.2) is 18.3 Å². The third kappa shape index (κ3) is 3.80. The molecule has 0 atom stereocenters. The maximum absolute atomic E-state index is 11.9. The van der Waals surface area contributed by atoms with Crippen LogP contribution in [0.5, 0.6) is 5.75 Å². The Labute approximate surface area is 185 Å². The highest BCUT2D eigenvalue weighted by atomic mass is 16.5. The Kier molecular flexibility index (Phi) is 7.04. The van der Waals surface area contributed by atoms with Crippen LogP contribution in [-0.2, 0) is 18.8 Å². The molecule has 168 valence electrons. The summed E-state index contributed by atoms with van der Waals surface area (Å²) >= 11 is 0. The number of nitrogens with zero attached hydrogens (tertiary/aromatic N) is 2. The molecule has 1 aliphatic carbocycles. The molecule has 0 fully saturated rings. The predicted molar refractivity (Wildman–Crippen MR) is 121 cm³/mol. The Morgan fingerprint density at radius 3 is 2.12 bits per heavy atom. The van der Waals surface area contributed by atoms with E-state index in [-0.39, 0.29) is 35.8 Å². The summed E-state index contributed by atoms with van der Waals surface area (Å²) in [7, 11) is 6.36. The SMILES string of the molecule is C.COC1=CC(=O)c2c(c(C=O)cn2C)C1=O.COc1ccc2c(c(C=O)cn2C)c1N. The molecule has 9 nitrogen and oxygen atoms in total. The van der Waals surface area contributed by atoms with Crippen molar-refractivity contribution >= 4 is 40.7 Å². The number of ether oxygens (including phenoxy) is 2.